The van der Waals surface area contributed by atoms with Crippen molar-refractivity contribution in [1.29, 1.82) is 0 Å². The molecule has 8 atom stereocenters. The van der Waals surface area contributed by atoms with Gasteiger partial charge in [-0.3, -0.25) is 57.5 Å². The molecule has 72 heavy (non-hydrogen) atoms. The smallest absolute Gasteiger partial charge is 0.326 e. The highest BCUT2D eigenvalue weighted by molar-refractivity contribution is 5.99. The topological polar surface area (TPSA) is 491 Å². The highest BCUT2D eigenvalue weighted by atomic mass is 16.4. The van der Waals surface area contributed by atoms with E-state index in [0.29, 0.717) is 5.56 Å². The molecular formula is C44H67N11O17. The molecule has 0 saturated heterocycles. The molecular weight excluding hydrogens is 955 g/mol. The van der Waals surface area contributed by atoms with Crippen LogP contribution in [0.1, 0.15) is 97.5 Å². The Balaban J connectivity index is 3.62. The molecule has 0 aliphatic heterocycles. The molecule has 28 heteroatoms. The van der Waals surface area contributed by atoms with Crippen LogP contribution in [0.4, 0.5) is 0 Å². The Morgan fingerprint density at radius 1 is 0.444 bits per heavy atom. The number of amides is 10. The van der Waals surface area contributed by atoms with E-state index < -0.39 is 176 Å². The van der Waals surface area contributed by atoms with E-state index in [-0.39, 0.29) is 37.4 Å². The second-order valence-electron chi connectivity index (χ2n) is 17.7. The maximum absolute atomic E-state index is 14.2. The molecule has 19 N–H and O–H groups in total. The molecule has 0 radical (unpaired) electrons. The lowest BCUT2D eigenvalue weighted by Crippen LogP contribution is -2.60. The van der Waals surface area contributed by atoms with Crippen molar-refractivity contribution in [2.45, 2.75) is 147 Å². The number of rotatable bonds is 34. The van der Waals surface area contributed by atoms with Gasteiger partial charge in [0.15, 0.2) is 0 Å². The zero-order valence-electron chi connectivity index (χ0n) is 40.3. The van der Waals surface area contributed by atoms with Gasteiger partial charge in [-0.2, -0.15) is 0 Å². The third-order valence-corrected chi connectivity index (χ3v) is 10.4. The van der Waals surface area contributed by atoms with Crippen molar-refractivity contribution >= 4 is 77.0 Å². The summed E-state index contributed by atoms with van der Waals surface area (Å²) in [6, 6.07) is -7.66. The fraction of sp³-hybridized carbons (Fsp3) is 0.568. The van der Waals surface area contributed by atoms with Gasteiger partial charge >= 0.3 is 17.9 Å². The summed E-state index contributed by atoms with van der Waals surface area (Å²) >= 11 is 0. The highest BCUT2D eigenvalue weighted by Crippen LogP contribution is 2.14. The number of nitrogens with two attached hydrogens (primary N) is 4. The van der Waals surface area contributed by atoms with Gasteiger partial charge in [-0.05, 0) is 61.6 Å². The van der Waals surface area contributed by atoms with Crippen LogP contribution in [-0.2, 0) is 68.7 Å². The van der Waals surface area contributed by atoms with E-state index in [9.17, 15) is 72.5 Å². The van der Waals surface area contributed by atoms with Crippen LogP contribution in [0.5, 0.6) is 5.75 Å². The fourth-order valence-electron chi connectivity index (χ4n) is 6.70. The number of phenolic OH excluding ortho intramolecular Hbond substituents is 1. The molecule has 10 amide bonds. The second-order valence-corrected chi connectivity index (χ2v) is 17.7. The molecule has 1 aromatic carbocycles. The number of phenols is 1. The normalized spacial score (nSPS) is 14.3. The Morgan fingerprint density at radius 3 is 1.22 bits per heavy atom. The standard InChI is InChI=1S/C44H67N11O17/c1-20(2)15-27(51-37(64)24(45)9-14-35(60)61)40(67)53-29(17-22-5-7-23(56)8-6-22)42(69)50-25(10-12-32(46)57)38(65)49-26(11-13-33(47)58)39(66)52-28(16-21(3)4)41(68)54-30(18-34(48)59)43(70)55-31(44(71)72)19-36(62)63/h5-8,20-21,24-31,56H,9-19,45H2,1-4H3,(H2,46,57)(H2,47,58)(H2,48,59)(H,49,65)(H,50,69)(H,51,64)(H,52,66)(H,53,67)(H,54,68)(H,55,70)(H,60,61)(H,62,63)(H,71,72)/t24-,25-,26-,27-,28-,29-,30-,31-/m0/s1. The maximum Gasteiger partial charge on any atom is 0.326 e. The molecule has 1 aromatic rings. The lowest BCUT2D eigenvalue weighted by molar-refractivity contribution is -0.147. The van der Waals surface area contributed by atoms with E-state index in [4.69, 9.17) is 33.1 Å². The average Bonchev–Trinajstić information content (AvgIpc) is 3.26. The zero-order valence-corrected chi connectivity index (χ0v) is 40.3. The van der Waals surface area contributed by atoms with Gasteiger partial charge in [-0.15, -0.1) is 0 Å². The highest BCUT2D eigenvalue weighted by Gasteiger charge is 2.36. The largest absolute Gasteiger partial charge is 0.508 e. The molecule has 0 unspecified atom stereocenters. The van der Waals surface area contributed by atoms with Crippen molar-refractivity contribution in [3.63, 3.8) is 0 Å². The minimum Gasteiger partial charge on any atom is -0.508 e. The summed E-state index contributed by atoms with van der Waals surface area (Å²) in [5, 5.41) is 53.7. The summed E-state index contributed by atoms with van der Waals surface area (Å²) in [5.74, 6) is -15.9. The van der Waals surface area contributed by atoms with Gasteiger partial charge in [0, 0.05) is 25.7 Å². The van der Waals surface area contributed by atoms with Crippen molar-refractivity contribution in [3.8, 4) is 5.75 Å². The molecule has 0 bridgehead atoms. The summed E-state index contributed by atoms with van der Waals surface area (Å²) in [5.41, 5.74) is 22.2. The molecule has 0 fully saturated rings. The van der Waals surface area contributed by atoms with E-state index in [2.05, 4.69) is 31.9 Å². The summed E-state index contributed by atoms with van der Waals surface area (Å²) in [7, 11) is 0. The van der Waals surface area contributed by atoms with Crippen LogP contribution in [-0.4, -0.2) is 146 Å². The number of carbonyl (C=O) groups excluding carboxylic acids is 10. The van der Waals surface area contributed by atoms with Crippen LogP contribution < -0.4 is 60.2 Å². The number of carboxylic acid groups (broad SMARTS) is 3. The van der Waals surface area contributed by atoms with Gasteiger partial charge in [-0.25, -0.2) is 4.79 Å². The van der Waals surface area contributed by atoms with Crippen molar-refractivity contribution in [2.75, 3.05) is 0 Å². The average molecular weight is 1020 g/mol. The maximum atomic E-state index is 14.2. The van der Waals surface area contributed by atoms with E-state index in [1.54, 1.807) is 27.7 Å². The SMILES string of the molecule is CC(C)C[C@H](NC(=O)[C@H](CCC(N)=O)NC(=O)[C@H](CCC(N)=O)NC(=O)[C@H](Cc1ccc(O)cc1)NC(=O)[C@H](CC(C)C)NC(=O)[C@@H](N)CCC(=O)O)C(=O)N[C@@H](CC(N)=O)C(=O)N[C@@H](CC(=O)O)C(=O)O. The first-order valence-electron chi connectivity index (χ1n) is 22.7. The van der Waals surface area contributed by atoms with E-state index in [1.807, 2.05) is 5.32 Å². The number of aromatic hydroxyl groups is 1. The van der Waals surface area contributed by atoms with E-state index in [0.717, 1.165) is 0 Å². The molecule has 0 aromatic heterocycles. The summed E-state index contributed by atoms with van der Waals surface area (Å²) in [4.78, 5) is 166. The third-order valence-electron chi connectivity index (χ3n) is 10.4. The Morgan fingerprint density at radius 2 is 0.819 bits per heavy atom. The van der Waals surface area contributed by atoms with E-state index in [1.165, 1.54) is 24.3 Å². The minimum absolute atomic E-state index is 0.0138. The number of hydrogen-bond donors (Lipinski definition) is 15. The Bertz CT molecular complexity index is 2140. The fourth-order valence-corrected chi connectivity index (χ4v) is 6.70. The number of benzene rings is 1. The minimum atomic E-state index is -1.99. The molecule has 0 aliphatic rings. The Hall–Kier alpha value is -7.91. The molecule has 400 valence electrons. The van der Waals surface area contributed by atoms with Gasteiger partial charge in [0.05, 0.1) is 18.9 Å². The van der Waals surface area contributed by atoms with Crippen LogP contribution >= 0.6 is 0 Å². The molecule has 0 aliphatic carbocycles. The van der Waals surface area contributed by atoms with Crippen LogP contribution in [0, 0.1) is 11.8 Å². The Labute approximate surface area is 413 Å². The van der Waals surface area contributed by atoms with Crippen LogP contribution in [0.15, 0.2) is 24.3 Å². The zero-order chi connectivity index (χ0) is 55.0. The van der Waals surface area contributed by atoms with Gasteiger partial charge in [0.1, 0.15) is 48.0 Å². The molecule has 0 spiro atoms. The second kappa shape index (κ2) is 30.6. The number of hydrogen-bond acceptors (Lipinski definition) is 15. The summed E-state index contributed by atoms with van der Waals surface area (Å²) in [6.07, 6.45) is -5.25. The number of aliphatic carboxylic acids is 3. The molecule has 0 saturated carbocycles. The number of primary amides is 3. The lowest BCUT2D eigenvalue weighted by atomic mass is 9.99. The van der Waals surface area contributed by atoms with E-state index >= 15 is 0 Å². The number of carboxylic acids is 3. The predicted octanol–water partition coefficient (Wildman–Crippen LogP) is -4.42. The Kier molecular flexibility index (Phi) is 26.4. The third kappa shape index (κ3) is 24.6. The van der Waals surface area contributed by atoms with Crippen LogP contribution in [0.3, 0.4) is 0 Å². The first-order valence-corrected chi connectivity index (χ1v) is 22.7. The summed E-state index contributed by atoms with van der Waals surface area (Å²) < 4.78 is 0. The first-order chi connectivity index (χ1) is 33.5. The number of carbonyl (C=O) groups is 13. The van der Waals surface area contributed by atoms with Crippen molar-refractivity contribution < 1.29 is 82.8 Å². The quantitative estimate of drug-likeness (QED) is 0.0310. The molecule has 0 heterocycles. The summed E-state index contributed by atoms with van der Waals surface area (Å²) in [6.45, 7) is 6.71. The van der Waals surface area contributed by atoms with Crippen molar-refractivity contribution in [2.24, 2.45) is 34.8 Å². The predicted molar refractivity (Wildman–Crippen MR) is 250 cm³/mol. The van der Waals surface area contributed by atoms with Gasteiger partial charge < -0.3 is 80.6 Å². The molecule has 1 rings (SSSR count). The van der Waals surface area contributed by atoms with Gasteiger partial charge in [0.25, 0.3) is 0 Å². The monoisotopic (exact) mass is 1020 g/mol. The van der Waals surface area contributed by atoms with Crippen molar-refractivity contribution in [3.05, 3.63) is 29.8 Å². The van der Waals surface area contributed by atoms with Gasteiger partial charge in [-0.1, -0.05) is 39.8 Å². The van der Waals surface area contributed by atoms with Gasteiger partial charge in [0.2, 0.25) is 59.1 Å². The number of nitrogens with one attached hydrogen (secondary N) is 7. The van der Waals surface area contributed by atoms with Crippen molar-refractivity contribution in [1.82, 2.24) is 37.2 Å². The van der Waals surface area contributed by atoms with Crippen LogP contribution in [0.25, 0.3) is 0 Å². The first kappa shape index (κ1) is 62.1. The molecule has 28 nitrogen and oxygen atoms in total. The lowest BCUT2D eigenvalue weighted by Gasteiger charge is -2.28. The van der Waals surface area contributed by atoms with Crippen LogP contribution in [0.2, 0.25) is 0 Å².